The van der Waals surface area contributed by atoms with Gasteiger partial charge in [0.1, 0.15) is 11.5 Å². The van der Waals surface area contributed by atoms with Gasteiger partial charge in [0.2, 0.25) is 0 Å². The first-order valence-electron chi connectivity index (χ1n) is 10.9. The van der Waals surface area contributed by atoms with Crippen molar-refractivity contribution >= 4 is 22.9 Å². The van der Waals surface area contributed by atoms with Crippen molar-refractivity contribution in [3.8, 4) is 11.8 Å². The van der Waals surface area contributed by atoms with Gasteiger partial charge in [-0.15, -0.1) is 11.3 Å². The first kappa shape index (κ1) is 22.1. The number of carbonyl (C=O) groups is 1. The first-order chi connectivity index (χ1) is 14.0. The minimum absolute atomic E-state index is 0.379. The van der Waals surface area contributed by atoms with Crippen LogP contribution in [-0.2, 0) is 4.74 Å². The molecule has 1 saturated carbocycles. The molecule has 158 valence electrons. The average molecular weight is 416 g/mol. The normalized spacial score (nSPS) is 23.0. The van der Waals surface area contributed by atoms with Crippen molar-refractivity contribution in [1.29, 1.82) is 0 Å². The highest BCUT2D eigenvalue weighted by Crippen LogP contribution is 2.42. The minimum atomic E-state index is -0.843. The van der Waals surface area contributed by atoms with Crippen molar-refractivity contribution in [2.24, 2.45) is 11.8 Å². The predicted octanol–water partition coefficient (Wildman–Crippen LogP) is 5.14. The summed E-state index contributed by atoms with van der Waals surface area (Å²) < 4.78 is 5.34. The number of carboxylic acids is 1. The van der Waals surface area contributed by atoms with Crippen molar-refractivity contribution in [1.82, 2.24) is 4.90 Å². The van der Waals surface area contributed by atoms with E-state index in [2.05, 4.69) is 30.6 Å². The second-order valence-electron chi connectivity index (χ2n) is 8.18. The van der Waals surface area contributed by atoms with Crippen LogP contribution in [0.5, 0.6) is 0 Å². The Hall–Kier alpha value is -1.61. The fourth-order valence-corrected chi connectivity index (χ4v) is 5.44. The molecule has 1 aromatic rings. The zero-order valence-corrected chi connectivity index (χ0v) is 18.7. The third-order valence-electron chi connectivity index (χ3n) is 6.30. The number of hydrogen-bond acceptors (Lipinski definition) is 4. The smallest absolute Gasteiger partial charge is 0.346 e. The highest BCUT2D eigenvalue weighted by molar-refractivity contribution is 7.12. The molecule has 1 aliphatic carbocycles. The van der Waals surface area contributed by atoms with E-state index in [0.717, 1.165) is 43.1 Å². The quantitative estimate of drug-likeness (QED) is 0.516. The fraction of sp³-hybridized carbons (Fsp3) is 0.625. The number of hydrogen-bond donors (Lipinski definition) is 1. The Bertz CT molecular complexity index is 806. The molecule has 1 fully saturated rings. The molecule has 0 bridgehead atoms. The van der Waals surface area contributed by atoms with E-state index in [1.54, 1.807) is 0 Å². The Kier molecular flexibility index (Phi) is 7.94. The van der Waals surface area contributed by atoms with Crippen LogP contribution < -0.4 is 0 Å². The van der Waals surface area contributed by atoms with E-state index in [4.69, 9.17) is 4.74 Å². The van der Waals surface area contributed by atoms with E-state index in [9.17, 15) is 9.90 Å². The molecule has 0 aromatic carbocycles. The van der Waals surface area contributed by atoms with Gasteiger partial charge >= 0.3 is 5.97 Å². The Morgan fingerprint density at radius 1 is 1.31 bits per heavy atom. The summed E-state index contributed by atoms with van der Waals surface area (Å²) >= 11 is 1.31. The van der Waals surface area contributed by atoms with Crippen LogP contribution in [0.4, 0.5) is 0 Å². The van der Waals surface area contributed by atoms with Gasteiger partial charge in [-0.1, -0.05) is 38.5 Å². The van der Waals surface area contributed by atoms with Crippen LogP contribution in [0.15, 0.2) is 11.0 Å². The zero-order valence-electron chi connectivity index (χ0n) is 17.9. The summed E-state index contributed by atoms with van der Waals surface area (Å²) in [4.78, 5) is 14.9. The topological polar surface area (TPSA) is 49.8 Å². The lowest BCUT2D eigenvalue weighted by atomic mass is 9.75. The van der Waals surface area contributed by atoms with Gasteiger partial charge in [0.05, 0.1) is 0 Å². The number of carboxylic acid groups (broad SMARTS) is 1. The van der Waals surface area contributed by atoms with Crippen molar-refractivity contribution in [3.63, 3.8) is 0 Å². The van der Waals surface area contributed by atoms with Crippen LogP contribution in [0.2, 0.25) is 0 Å². The molecule has 0 unspecified atom stereocenters. The molecule has 5 heteroatoms. The molecule has 2 heterocycles. The number of aromatic carboxylic acids is 1. The molecule has 0 spiro atoms. The minimum Gasteiger partial charge on any atom is -0.477 e. The van der Waals surface area contributed by atoms with Crippen molar-refractivity contribution in [2.75, 3.05) is 32.8 Å². The van der Waals surface area contributed by atoms with Gasteiger partial charge in [0, 0.05) is 36.2 Å². The Balaban J connectivity index is 2.04. The SMILES string of the molecule is CCOCC#Cc1csc(C(=O)O)c1C1=C(C2CCC(C)CC2)CN(CC)CC1. The van der Waals surface area contributed by atoms with E-state index >= 15 is 0 Å². The Labute approximate surface area is 178 Å². The highest BCUT2D eigenvalue weighted by atomic mass is 32.1. The molecule has 29 heavy (non-hydrogen) atoms. The lowest BCUT2D eigenvalue weighted by Crippen LogP contribution is -2.34. The maximum atomic E-state index is 12.0. The molecule has 3 rings (SSSR count). The van der Waals surface area contributed by atoms with E-state index in [0.29, 0.717) is 24.0 Å². The Morgan fingerprint density at radius 2 is 2.07 bits per heavy atom. The molecular formula is C24H33NO3S. The molecule has 1 N–H and O–H groups in total. The van der Waals surface area contributed by atoms with Crippen LogP contribution >= 0.6 is 11.3 Å². The average Bonchev–Trinajstić information content (AvgIpc) is 3.15. The lowest BCUT2D eigenvalue weighted by molar-refractivity contribution is 0.0701. The maximum Gasteiger partial charge on any atom is 0.346 e. The molecule has 2 aliphatic rings. The van der Waals surface area contributed by atoms with Gasteiger partial charge < -0.3 is 9.84 Å². The standard InChI is InChI=1S/C24H33NO3S/c1-4-25-13-12-20(21(15-25)18-10-8-17(3)9-11-18)22-19(7-6-14-28-5-2)16-29-23(22)24(26)27/h16-18H,4-5,8-15H2,1-3H3,(H,26,27). The molecule has 0 saturated heterocycles. The van der Waals surface area contributed by atoms with Gasteiger partial charge in [-0.05, 0) is 55.7 Å². The van der Waals surface area contributed by atoms with E-state index < -0.39 is 5.97 Å². The summed E-state index contributed by atoms with van der Waals surface area (Å²) in [7, 11) is 0. The van der Waals surface area contributed by atoms with Crippen molar-refractivity contribution < 1.29 is 14.6 Å². The van der Waals surface area contributed by atoms with E-state index in [1.165, 1.54) is 48.2 Å². The second-order valence-corrected chi connectivity index (χ2v) is 9.06. The summed E-state index contributed by atoms with van der Waals surface area (Å²) in [5.74, 6) is 6.79. The van der Waals surface area contributed by atoms with E-state index in [1.807, 2.05) is 12.3 Å². The Morgan fingerprint density at radius 3 is 2.72 bits per heavy atom. The zero-order chi connectivity index (χ0) is 20.8. The monoisotopic (exact) mass is 415 g/mol. The number of ether oxygens (including phenoxy) is 1. The summed E-state index contributed by atoms with van der Waals surface area (Å²) in [6, 6.07) is 0. The third-order valence-corrected chi connectivity index (χ3v) is 7.27. The van der Waals surface area contributed by atoms with Crippen molar-refractivity contribution in [3.05, 3.63) is 27.0 Å². The van der Waals surface area contributed by atoms with Crippen LogP contribution in [0.1, 0.15) is 73.7 Å². The molecule has 1 aromatic heterocycles. The number of likely N-dealkylation sites (N-methyl/N-ethyl adjacent to an activating group) is 1. The predicted molar refractivity (Wildman–Crippen MR) is 119 cm³/mol. The molecule has 0 atom stereocenters. The van der Waals surface area contributed by atoms with Gasteiger partial charge in [-0.2, -0.15) is 0 Å². The molecule has 4 nitrogen and oxygen atoms in total. The summed E-state index contributed by atoms with van der Waals surface area (Å²) in [5.41, 5.74) is 4.47. The highest BCUT2D eigenvalue weighted by Gasteiger charge is 2.31. The maximum absolute atomic E-state index is 12.0. The number of thiophene rings is 1. The molecular weight excluding hydrogens is 382 g/mol. The fourth-order valence-electron chi connectivity index (χ4n) is 4.58. The lowest BCUT2D eigenvalue weighted by Gasteiger charge is -2.37. The van der Waals surface area contributed by atoms with E-state index in [-0.39, 0.29) is 0 Å². The number of nitrogens with zero attached hydrogens (tertiary/aromatic N) is 1. The number of rotatable bonds is 6. The molecule has 0 amide bonds. The van der Waals surface area contributed by atoms with Crippen LogP contribution in [-0.4, -0.2) is 48.8 Å². The second kappa shape index (κ2) is 10.4. The largest absolute Gasteiger partial charge is 0.477 e. The van der Waals surface area contributed by atoms with Crippen LogP contribution in [0, 0.1) is 23.7 Å². The summed E-state index contributed by atoms with van der Waals surface area (Å²) in [5, 5.41) is 11.8. The molecule has 1 aliphatic heterocycles. The van der Waals surface area contributed by atoms with Crippen LogP contribution in [0.25, 0.3) is 5.57 Å². The van der Waals surface area contributed by atoms with Crippen LogP contribution in [0.3, 0.4) is 0 Å². The van der Waals surface area contributed by atoms with Gasteiger partial charge in [-0.3, -0.25) is 4.90 Å². The summed E-state index contributed by atoms with van der Waals surface area (Å²) in [6.45, 7) is 10.5. The first-order valence-corrected chi connectivity index (χ1v) is 11.8. The summed E-state index contributed by atoms with van der Waals surface area (Å²) in [6.07, 6.45) is 5.88. The van der Waals surface area contributed by atoms with Crippen molar-refractivity contribution in [2.45, 2.75) is 52.9 Å². The molecule has 0 radical (unpaired) electrons. The van der Waals surface area contributed by atoms with Gasteiger partial charge in [-0.25, -0.2) is 4.79 Å². The van der Waals surface area contributed by atoms with Gasteiger partial charge in [0.25, 0.3) is 0 Å². The van der Waals surface area contributed by atoms with Gasteiger partial charge in [0.15, 0.2) is 0 Å². The third kappa shape index (κ3) is 5.31.